The number of hydrogen-bond donors (Lipinski definition) is 5. The summed E-state index contributed by atoms with van der Waals surface area (Å²) in [6.07, 6.45) is 0.184. The van der Waals surface area contributed by atoms with Crippen LogP contribution in [0.25, 0.3) is 0 Å². The number of ketones is 1. The number of pyridine rings is 1. The van der Waals surface area contributed by atoms with Crippen molar-refractivity contribution in [1.29, 1.82) is 0 Å². The molecule has 1 fully saturated rings. The molecule has 10 heteroatoms. The summed E-state index contributed by atoms with van der Waals surface area (Å²) in [6, 6.07) is 9.09. The first-order valence-electron chi connectivity index (χ1n) is 12.8. The Labute approximate surface area is 222 Å². The van der Waals surface area contributed by atoms with Crippen LogP contribution in [-0.4, -0.2) is 62.9 Å². The molecule has 0 bridgehead atoms. The fourth-order valence-corrected chi connectivity index (χ4v) is 4.61. The molecule has 1 unspecified atom stereocenters. The van der Waals surface area contributed by atoms with Crippen molar-refractivity contribution in [3.05, 3.63) is 59.9 Å². The molecule has 0 radical (unpaired) electrons. The SMILES string of the molecule is CC(C)C1NC(=O)[C@H](C)[C@H](O)[C@H](Cc2ccccc2)NC(=O)[C@@H](NC(=O)c2ncccc2O)[C@@H](C)CC1=O. The number of carbonyl (C=O) groups is 4. The molecular formula is C28H36N4O6. The molecule has 10 nitrogen and oxygen atoms in total. The van der Waals surface area contributed by atoms with Crippen LogP contribution >= 0.6 is 0 Å². The summed E-state index contributed by atoms with van der Waals surface area (Å²) in [5.41, 5.74) is 0.575. The highest BCUT2D eigenvalue weighted by atomic mass is 16.3. The van der Waals surface area contributed by atoms with E-state index in [1.54, 1.807) is 27.7 Å². The molecule has 5 N–H and O–H groups in total. The van der Waals surface area contributed by atoms with Gasteiger partial charge in [-0.2, -0.15) is 0 Å². The third-order valence-electron chi connectivity index (χ3n) is 6.94. The van der Waals surface area contributed by atoms with Gasteiger partial charge in [0.25, 0.3) is 5.91 Å². The second-order valence-corrected chi connectivity index (χ2v) is 10.3. The third kappa shape index (κ3) is 6.95. The second kappa shape index (κ2) is 12.6. The van der Waals surface area contributed by atoms with Crippen LogP contribution in [0.1, 0.15) is 50.2 Å². The highest BCUT2D eigenvalue weighted by Gasteiger charge is 2.38. The Balaban J connectivity index is 1.99. The van der Waals surface area contributed by atoms with Gasteiger partial charge in [0.15, 0.2) is 11.5 Å². The summed E-state index contributed by atoms with van der Waals surface area (Å²) >= 11 is 0. The lowest BCUT2D eigenvalue weighted by Crippen LogP contribution is -2.59. The monoisotopic (exact) mass is 524 g/mol. The van der Waals surface area contributed by atoms with Gasteiger partial charge in [0.05, 0.1) is 24.1 Å². The molecule has 6 atom stereocenters. The quantitative estimate of drug-likeness (QED) is 0.395. The first-order chi connectivity index (χ1) is 18.0. The number of hydrogen-bond acceptors (Lipinski definition) is 7. The zero-order valence-electron chi connectivity index (χ0n) is 22.0. The van der Waals surface area contributed by atoms with Crippen LogP contribution in [0, 0.1) is 17.8 Å². The zero-order chi connectivity index (χ0) is 28.0. The van der Waals surface area contributed by atoms with E-state index in [0.717, 1.165) is 5.56 Å². The number of nitrogens with zero attached hydrogens (tertiary/aromatic N) is 1. The van der Waals surface area contributed by atoms with Crippen LogP contribution in [0.15, 0.2) is 48.7 Å². The topological polar surface area (TPSA) is 158 Å². The fraction of sp³-hybridized carbons (Fsp3) is 0.464. The van der Waals surface area contributed by atoms with Gasteiger partial charge >= 0.3 is 0 Å². The molecule has 1 aromatic heterocycles. The second-order valence-electron chi connectivity index (χ2n) is 10.3. The largest absolute Gasteiger partial charge is 0.505 e. The van der Waals surface area contributed by atoms with Gasteiger partial charge in [-0.3, -0.25) is 19.2 Å². The minimum absolute atomic E-state index is 0.101. The van der Waals surface area contributed by atoms with Crippen molar-refractivity contribution in [3.8, 4) is 5.75 Å². The summed E-state index contributed by atoms with van der Waals surface area (Å²) in [6.45, 7) is 6.80. The summed E-state index contributed by atoms with van der Waals surface area (Å²) in [4.78, 5) is 56.7. The van der Waals surface area contributed by atoms with E-state index >= 15 is 0 Å². The minimum Gasteiger partial charge on any atom is -0.505 e. The molecule has 2 heterocycles. The number of benzene rings is 1. The van der Waals surface area contributed by atoms with Crippen LogP contribution in [0.4, 0.5) is 0 Å². The van der Waals surface area contributed by atoms with Crippen LogP contribution in [0.3, 0.4) is 0 Å². The van der Waals surface area contributed by atoms with Crippen molar-refractivity contribution in [2.24, 2.45) is 17.8 Å². The van der Waals surface area contributed by atoms with Gasteiger partial charge in [-0.15, -0.1) is 0 Å². The van der Waals surface area contributed by atoms with Gasteiger partial charge in [0.2, 0.25) is 11.8 Å². The van der Waals surface area contributed by atoms with Crippen molar-refractivity contribution in [2.75, 3.05) is 0 Å². The number of aliphatic hydroxyl groups excluding tert-OH is 1. The maximum atomic E-state index is 13.6. The molecule has 3 rings (SSSR count). The number of aromatic hydroxyl groups is 1. The number of aliphatic hydroxyl groups is 1. The van der Waals surface area contributed by atoms with Gasteiger partial charge in [-0.05, 0) is 36.0 Å². The van der Waals surface area contributed by atoms with Crippen LogP contribution in [0.5, 0.6) is 5.75 Å². The summed E-state index contributed by atoms with van der Waals surface area (Å²) in [7, 11) is 0. The Morgan fingerprint density at radius 2 is 1.74 bits per heavy atom. The molecule has 0 spiro atoms. The highest BCUT2D eigenvalue weighted by Crippen LogP contribution is 2.21. The fourth-order valence-electron chi connectivity index (χ4n) is 4.61. The van der Waals surface area contributed by atoms with Crippen LogP contribution in [-0.2, 0) is 20.8 Å². The lowest BCUT2D eigenvalue weighted by atomic mass is 9.86. The maximum absolute atomic E-state index is 13.6. The first-order valence-corrected chi connectivity index (χ1v) is 12.8. The average Bonchev–Trinajstić information content (AvgIpc) is 2.88. The van der Waals surface area contributed by atoms with Crippen molar-refractivity contribution >= 4 is 23.5 Å². The zero-order valence-corrected chi connectivity index (χ0v) is 22.0. The van der Waals surface area contributed by atoms with Gasteiger partial charge < -0.3 is 26.2 Å². The minimum atomic E-state index is -1.28. The van der Waals surface area contributed by atoms with Crippen molar-refractivity contribution in [2.45, 2.75) is 64.8 Å². The number of amides is 3. The Bertz CT molecular complexity index is 1160. The highest BCUT2D eigenvalue weighted by molar-refractivity contribution is 5.98. The van der Waals surface area contributed by atoms with Crippen LogP contribution in [0.2, 0.25) is 0 Å². The smallest absolute Gasteiger partial charge is 0.274 e. The molecule has 38 heavy (non-hydrogen) atoms. The molecule has 0 saturated carbocycles. The van der Waals surface area contributed by atoms with Gasteiger partial charge in [0.1, 0.15) is 11.8 Å². The Morgan fingerprint density at radius 1 is 1.05 bits per heavy atom. The molecular weight excluding hydrogens is 488 g/mol. The Morgan fingerprint density at radius 3 is 2.37 bits per heavy atom. The summed E-state index contributed by atoms with van der Waals surface area (Å²) in [5.74, 6) is -4.39. The maximum Gasteiger partial charge on any atom is 0.274 e. The summed E-state index contributed by atoms with van der Waals surface area (Å²) < 4.78 is 0. The van der Waals surface area contributed by atoms with Gasteiger partial charge in [-0.25, -0.2) is 4.98 Å². The Hall–Kier alpha value is -3.79. The average molecular weight is 525 g/mol. The first kappa shape index (κ1) is 28.8. The molecule has 1 aromatic carbocycles. The van der Waals surface area contributed by atoms with Crippen molar-refractivity contribution in [3.63, 3.8) is 0 Å². The van der Waals surface area contributed by atoms with E-state index in [1.165, 1.54) is 18.3 Å². The number of carbonyl (C=O) groups excluding carboxylic acids is 4. The number of rotatable bonds is 5. The molecule has 1 aliphatic heterocycles. The van der Waals surface area contributed by atoms with E-state index in [2.05, 4.69) is 20.9 Å². The van der Waals surface area contributed by atoms with E-state index in [9.17, 15) is 29.4 Å². The summed E-state index contributed by atoms with van der Waals surface area (Å²) in [5, 5.41) is 29.5. The van der Waals surface area contributed by atoms with E-state index in [0.29, 0.717) is 0 Å². The predicted octanol–water partition coefficient (Wildman–Crippen LogP) is 1.36. The third-order valence-corrected chi connectivity index (χ3v) is 6.94. The molecule has 3 amide bonds. The van der Waals surface area contributed by atoms with E-state index in [4.69, 9.17) is 0 Å². The van der Waals surface area contributed by atoms with Crippen molar-refractivity contribution < 1.29 is 29.4 Å². The lowest BCUT2D eigenvalue weighted by molar-refractivity contribution is -0.136. The standard InChI is InChI=1S/C28H36N4O6/c1-15(2)22-21(34)13-16(3)23(32-28(38)24-20(33)11-8-12-29-24)27(37)30-19(14-18-9-6-5-7-10-18)25(35)17(4)26(36)31-22/h5-12,15-17,19,22-23,25,33,35H,13-14H2,1-4H3,(H,30,37)(H,31,36)(H,32,38)/t16-,17+,19-,22?,23-,25-/m0/s1. The van der Waals surface area contributed by atoms with Gasteiger partial charge in [0, 0.05) is 12.6 Å². The lowest BCUT2D eigenvalue weighted by Gasteiger charge is -2.34. The molecule has 2 aromatic rings. The number of nitrogens with one attached hydrogen (secondary N) is 3. The molecule has 0 aliphatic carbocycles. The van der Waals surface area contributed by atoms with Crippen LogP contribution < -0.4 is 16.0 Å². The molecule has 1 saturated heterocycles. The van der Waals surface area contributed by atoms with Crippen molar-refractivity contribution in [1.82, 2.24) is 20.9 Å². The number of Topliss-reactive ketones (excluding diaryl/α,β-unsaturated/α-hetero) is 1. The Kier molecular flexibility index (Phi) is 9.57. The van der Waals surface area contributed by atoms with E-state index in [-0.39, 0.29) is 36.0 Å². The molecule has 1 aliphatic rings. The number of aromatic nitrogens is 1. The molecule has 204 valence electrons. The van der Waals surface area contributed by atoms with E-state index < -0.39 is 53.8 Å². The predicted molar refractivity (Wildman–Crippen MR) is 140 cm³/mol. The van der Waals surface area contributed by atoms with E-state index in [1.807, 2.05) is 30.3 Å². The normalized spacial score (nSPS) is 27.1. The van der Waals surface area contributed by atoms with Gasteiger partial charge in [-0.1, -0.05) is 58.0 Å².